The minimum absolute atomic E-state index is 0.287. The van der Waals surface area contributed by atoms with Gasteiger partial charge in [-0.05, 0) is 46.3 Å². The quantitative estimate of drug-likeness (QED) is 0.820. The topological polar surface area (TPSA) is 64.3 Å². The summed E-state index contributed by atoms with van der Waals surface area (Å²) in [6.07, 6.45) is 0. The van der Waals surface area contributed by atoms with Gasteiger partial charge in [-0.1, -0.05) is 11.6 Å². The highest BCUT2D eigenvalue weighted by atomic mass is 79.9. The fraction of sp³-hybridized carbons (Fsp3) is 0.0714. The van der Waals surface area contributed by atoms with Crippen LogP contribution in [-0.4, -0.2) is 13.0 Å². The van der Waals surface area contributed by atoms with E-state index in [1.165, 1.54) is 7.11 Å². The third-order valence-electron chi connectivity index (χ3n) is 2.65. The summed E-state index contributed by atoms with van der Waals surface area (Å²) in [6.45, 7) is 0. The molecule has 0 bridgehead atoms. The zero-order chi connectivity index (χ0) is 14.7. The first-order chi connectivity index (χ1) is 9.51. The van der Waals surface area contributed by atoms with E-state index in [2.05, 4.69) is 21.2 Å². The summed E-state index contributed by atoms with van der Waals surface area (Å²) in [5.41, 5.74) is 7.23. The summed E-state index contributed by atoms with van der Waals surface area (Å²) in [7, 11) is 1.49. The summed E-state index contributed by atoms with van der Waals surface area (Å²) in [5, 5.41) is 3.37. The number of nitrogens with one attached hydrogen (secondary N) is 1. The molecule has 6 heteroatoms. The van der Waals surface area contributed by atoms with E-state index in [9.17, 15) is 4.79 Å². The molecule has 0 aliphatic carbocycles. The molecule has 0 aliphatic rings. The van der Waals surface area contributed by atoms with Gasteiger partial charge in [0.1, 0.15) is 5.75 Å². The molecule has 1 amide bonds. The van der Waals surface area contributed by atoms with Crippen LogP contribution in [-0.2, 0) is 0 Å². The number of nitrogen functional groups attached to an aromatic ring is 1. The standard InChI is InChI=1S/C14H12BrClN2O2/c1-20-13-7-9(17)3-4-10(13)14(19)18-12-5-2-8(16)6-11(12)15/h2-7H,17H2,1H3,(H,18,19). The first kappa shape index (κ1) is 14.7. The summed E-state index contributed by atoms with van der Waals surface area (Å²) >= 11 is 9.20. The van der Waals surface area contributed by atoms with Crippen molar-refractivity contribution in [1.82, 2.24) is 0 Å². The molecule has 0 heterocycles. The molecular weight excluding hydrogens is 344 g/mol. The van der Waals surface area contributed by atoms with Crippen LogP contribution in [0.25, 0.3) is 0 Å². The van der Waals surface area contributed by atoms with Crippen LogP contribution in [0.15, 0.2) is 40.9 Å². The lowest BCUT2D eigenvalue weighted by molar-refractivity contribution is 0.102. The number of halogens is 2. The second-order valence-electron chi connectivity index (χ2n) is 4.04. The molecule has 0 fully saturated rings. The van der Waals surface area contributed by atoms with Crippen molar-refractivity contribution < 1.29 is 9.53 Å². The maximum atomic E-state index is 12.3. The van der Waals surface area contributed by atoms with E-state index < -0.39 is 0 Å². The van der Waals surface area contributed by atoms with Crippen molar-refractivity contribution >= 4 is 44.8 Å². The van der Waals surface area contributed by atoms with Crippen LogP contribution in [0.4, 0.5) is 11.4 Å². The van der Waals surface area contributed by atoms with Crippen LogP contribution in [0.1, 0.15) is 10.4 Å². The first-order valence-electron chi connectivity index (χ1n) is 5.71. The Morgan fingerprint density at radius 1 is 1.30 bits per heavy atom. The number of carbonyl (C=O) groups is 1. The smallest absolute Gasteiger partial charge is 0.259 e. The van der Waals surface area contributed by atoms with Gasteiger partial charge in [0.2, 0.25) is 0 Å². The van der Waals surface area contributed by atoms with Crippen LogP contribution in [0, 0.1) is 0 Å². The van der Waals surface area contributed by atoms with Gasteiger partial charge in [-0.25, -0.2) is 0 Å². The van der Waals surface area contributed by atoms with E-state index in [-0.39, 0.29) is 5.91 Å². The lowest BCUT2D eigenvalue weighted by atomic mass is 10.1. The van der Waals surface area contributed by atoms with Gasteiger partial charge in [-0.15, -0.1) is 0 Å². The van der Waals surface area contributed by atoms with Crippen LogP contribution in [0.2, 0.25) is 5.02 Å². The number of benzene rings is 2. The fourth-order valence-corrected chi connectivity index (χ4v) is 2.46. The average molecular weight is 356 g/mol. The number of carbonyl (C=O) groups excluding carboxylic acids is 1. The van der Waals surface area contributed by atoms with Crippen molar-refractivity contribution in [1.29, 1.82) is 0 Å². The van der Waals surface area contributed by atoms with Crippen LogP contribution < -0.4 is 15.8 Å². The van der Waals surface area contributed by atoms with E-state index in [0.717, 1.165) is 0 Å². The van der Waals surface area contributed by atoms with Gasteiger partial charge >= 0.3 is 0 Å². The van der Waals surface area contributed by atoms with Crippen molar-refractivity contribution in [3.05, 3.63) is 51.5 Å². The molecule has 0 saturated carbocycles. The van der Waals surface area contributed by atoms with Crippen LogP contribution in [0.5, 0.6) is 5.75 Å². The number of methoxy groups -OCH3 is 1. The molecule has 0 aliphatic heterocycles. The van der Waals surface area contributed by atoms with Crippen molar-refractivity contribution in [3.8, 4) is 5.75 Å². The van der Waals surface area contributed by atoms with Gasteiger partial charge in [0.25, 0.3) is 5.91 Å². The second-order valence-corrected chi connectivity index (χ2v) is 5.33. The highest BCUT2D eigenvalue weighted by molar-refractivity contribution is 9.10. The monoisotopic (exact) mass is 354 g/mol. The molecule has 0 saturated heterocycles. The van der Waals surface area contributed by atoms with Crippen molar-refractivity contribution in [2.45, 2.75) is 0 Å². The Morgan fingerprint density at radius 2 is 2.05 bits per heavy atom. The van der Waals surface area contributed by atoms with Crippen LogP contribution in [0.3, 0.4) is 0 Å². The number of rotatable bonds is 3. The van der Waals surface area contributed by atoms with E-state index >= 15 is 0 Å². The summed E-state index contributed by atoms with van der Waals surface area (Å²) in [5.74, 6) is 0.137. The van der Waals surface area contributed by atoms with Gasteiger partial charge in [0.05, 0.1) is 18.4 Å². The predicted octanol–water partition coefficient (Wildman–Crippen LogP) is 3.95. The normalized spacial score (nSPS) is 10.2. The molecule has 0 spiro atoms. The Bertz CT molecular complexity index is 662. The lowest BCUT2D eigenvalue weighted by Gasteiger charge is -2.11. The third-order valence-corrected chi connectivity index (χ3v) is 3.54. The number of hydrogen-bond donors (Lipinski definition) is 2. The van der Waals surface area contributed by atoms with Crippen molar-refractivity contribution in [3.63, 3.8) is 0 Å². The largest absolute Gasteiger partial charge is 0.496 e. The zero-order valence-corrected chi connectivity index (χ0v) is 13.0. The first-order valence-corrected chi connectivity index (χ1v) is 6.88. The fourth-order valence-electron chi connectivity index (χ4n) is 1.68. The Labute approximate surface area is 130 Å². The number of anilines is 2. The predicted molar refractivity (Wildman–Crippen MR) is 84.5 cm³/mol. The molecule has 0 atom stereocenters. The molecule has 0 unspecified atom stereocenters. The number of nitrogens with two attached hydrogens (primary N) is 1. The number of ether oxygens (including phenoxy) is 1. The summed E-state index contributed by atoms with van der Waals surface area (Å²) < 4.78 is 5.86. The van der Waals surface area contributed by atoms with Crippen LogP contribution >= 0.6 is 27.5 Å². The van der Waals surface area contributed by atoms with Gasteiger partial charge in [0.15, 0.2) is 0 Å². The van der Waals surface area contributed by atoms with E-state index in [1.54, 1.807) is 36.4 Å². The molecule has 2 rings (SSSR count). The zero-order valence-electron chi connectivity index (χ0n) is 10.6. The van der Waals surface area contributed by atoms with Gasteiger partial charge < -0.3 is 15.8 Å². The summed E-state index contributed by atoms with van der Waals surface area (Å²) in [6, 6.07) is 9.99. The number of hydrogen-bond acceptors (Lipinski definition) is 3. The van der Waals surface area contributed by atoms with E-state index in [4.69, 9.17) is 22.1 Å². The lowest BCUT2D eigenvalue weighted by Crippen LogP contribution is -2.13. The van der Waals surface area contributed by atoms with E-state index in [1.807, 2.05) is 0 Å². The minimum Gasteiger partial charge on any atom is -0.496 e. The third kappa shape index (κ3) is 3.23. The van der Waals surface area contributed by atoms with Gasteiger partial charge in [-0.3, -0.25) is 4.79 Å². The Balaban J connectivity index is 2.28. The molecule has 0 aromatic heterocycles. The minimum atomic E-state index is -0.287. The molecule has 2 aromatic rings. The maximum absolute atomic E-state index is 12.3. The molecular formula is C14H12BrClN2O2. The molecule has 104 valence electrons. The Hall–Kier alpha value is -1.72. The highest BCUT2D eigenvalue weighted by Gasteiger charge is 2.14. The SMILES string of the molecule is COc1cc(N)ccc1C(=O)Nc1ccc(Cl)cc1Br. The van der Waals surface area contributed by atoms with Crippen molar-refractivity contribution in [2.75, 3.05) is 18.2 Å². The Kier molecular flexibility index (Phi) is 4.52. The average Bonchev–Trinajstić information content (AvgIpc) is 2.41. The van der Waals surface area contributed by atoms with Crippen molar-refractivity contribution in [2.24, 2.45) is 0 Å². The second kappa shape index (κ2) is 6.15. The van der Waals surface area contributed by atoms with Gasteiger partial charge in [0, 0.05) is 21.2 Å². The Morgan fingerprint density at radius 3 is 2.70 bits per heavy atom. The molecule has 4 nitrogen and oxygen atoms in total. The molecule has 0 radical (unpaired) electrons. The number of amides is 1. The molecule has 2 aromatic carbocycles. The summed E-state index contributed by atoms with van der Waals surface area (Å²) in [4.78, 5) is 12.3. The van der Waals surface area contributed by atoms with E-state index in [0.29, 0.717) is 32.2 Å². The maximum Gasteiger partial charge on any atom is 0.259 e. The van der Waals surface area contributed by atoms with Gasteiger partial charge in [-0.2, -0.15) is 0 Å². The highest BCUT2D eigenvalue weighted by Crippen LogP contribution is 2.28. The molecule has 20 heavy (non-hydrogen) atoms. The molecule has 3 N–H and O–H groups in total.